The maximum atomic E-state index is 10.5. The summed E-state index contributed by atoms with van der Waals surface area (Å²) in [6, 6.07) is 10.2. The predicted octanol–water partition coefficient (Wildman–Crippen LogP) is 3.30. The van der Waals surface area contributed by atoms with Gasteiger partial charge >= 0.3 is 0 Å². The average Bonchev–Trinajstić information content (AvgIpc) is 3.28. The molecule has 2 fully saturated rings. The fourth-order valence-electron chi connectivity index (χ4n) is 3.60. The van der Waals surface area contributed by atoms with E-state index in [2.05, 4.69) is 26.0 Å². The Bertz CT molecular complexity index is 459. The smallest absolute Gasteiger partial charge is 0.113 e. The molecule has 0 spiro atoms. The minimum Gasteiger partial charge on any atom is -0.393 e. The lowest BCUT2D eigenvalue weighted by Crippen LogP contribution is -2.48. The van der Waals surface area contributed by atoms with E-state index in [-0.39, 0.29) is 23.9 Å². The Kier molecular flexibility index (Phi) is 4.34. The van der Waals surface area contributed by atoms with E-state index in [1.807, 2.05) is 18.2 Å². The molecule has 0 unspecified atom stereocenters. The molecule has 0 aromatic heterocycles. The van der Waals surface area contributed by atoms with Crippen LogP contribution < -0.4 is 0 Å². The van der Waals surface area contributed by atoms with E-state index in [9.17, 15) is 5.11 Å². The highest BCUT2D eigenvalue weighted by atomic mass is 16.6. The van der Waals surface area contributed by atoms with E-state index in [0.717, 1.165) is 12.8 Å². The normalized spacial score (nSPS) is 38.0. The summed E-state index contributed by atoms with van der Waals surface area (Å²) in [5.41, 5.74) is 0.807. The minimum atomic E-state index is -0.358. The highest BCUT2D eigenvalue weighted by molar-refractivity contribution is 5.15. The van der Waals surface area contributed by atoms with Gasteiger partial charge < -0.3 is 14.6 Å². The summed E-state index contributed by atoms with van der Waals surface area (Å²) in [5.74, 6) is 0.295. The first-order chi connectivity index (χ1) is 10.1. The van der Waals surface area contributed by atoms with Gasteiger partial charge in [-0.05, 0) is 18.9 Å². The SMILES string of the molecule is CCCC[C@H]1[C@@H]2O[C@@H]2[C@](C)(OCc2ccccc2)C[C@H]1O. The Balaban J connectivity index is 1.60. The first kappa shape index (κ1) is 15.0. The summed E-state index contributed by atoms with van der Waals surface area (Å²) in [6.07, 6.45) is 4.12. The van der Waals surface area contributed by atoms with Gasteiger partial charge in [0, 0.05) is 12.3 Å². The van der Waals surface area contributed by atoms with Gasteiger partial charge in [0.25, 0.3) is 0 Å². The van der Waals surface area contributed by atoms with Crippen molar-refractivity contribution in [3.8, 4) is 0 Å². The van der Waals surface area contributed by atoms with Gasteiger partial charge in [-0.1, -0.05) is 50.1 Å². The fraction of sp³-hybridized carbons (Fsp3) is 0.667. The van der Waals surface area contributed by atoms with Crippen LogP contribution in [0, 0.1) is 5.92 Å². The molecule has 1 heterocycles. The van der Waals surface area contributed by atoms with E-state index in [0.29, 0.717) is 18.9 Å². The highest BCUT2D eigenvalue weighted by Gasteiger charge is 2.62. The maximum Gasteiger partial charge on any atom is 0.113 e. The molecule has 3 rings (SSSR count). The second kappa shape index (κ2) is 6.07. The molecular formula is C18H26O3. The van der Waals surface area contributed by atoms with Gasteiger partial charge in [-0.3, -0.25) is 0 Å². The summed E-state index contributed by atoms with van der Waals surface area (Å²) in [4.78, 5) is 0. The Morgan fingerprint density at radius 1 is 1.33 bits per heavy atom. The van der Waals surface area contributed by atoms with Gasteiger partial charge in [0.1, 0.15) is 6.10 Å². The molecule has 3 nitrogen and oxygen atoms in total. The van der Waals surface area contributed by atoms with Crippen LogP contribution in [0.3, 0.4) is 0 Å². The molecule has 0 radical (unpaired) electrons. The molecular weight excluding hydrogens is 264 g/mol. The number of unbranched alkanes of at least 4 members (excludes halogenated alkanes) is 1. The zero-order valence-corrected chi connectivity index (χ0v) is 13.0. The van der Waals surface area contributed by atoms with Crippen molar-refractivity contribution < 1.29 is 14.6 Å². The largest absolute Gasteiger partial charge is 0.393 e. The number of fused-ring (bicyclic) bond motifs is 1. The van der Waals surface area contributed by atoms with Crippen LogP contribution in [0.15, 0.2) is 30.3 Å². The number of rotatable bonds is 6. The Hall–Kier alpha value is -0.900. The molecule has 1 N–H and O–H groups in total. The first-order valence-corrected chi connectivity index (χ1v) is 8.15. The third-order valence-corrected chi connectivity index (χ3v) is 4.96. The zero-order chi connectivity index (χ0) is 14.9. The molecule has 1 aromatic rings. The third-order valence-electron chi connectivity index (χ3n) is 4.96. The predicted molar refractivity (Wildman–Crippen MR) is 81.9 cm³/mol. The van der Waals surface area contributed by atoms with Crippen molar-refractivity contribution in [2.75, 3.05) is 0 Å². The van der Waals surface area contributed by atoms with E-state index < -0.39 is 0 Å². The van der Waals surface area contributed by atoms with Crippen LogP contribution in [-0.2, 0) is 16.1 Å². The van der Waals surface area contributed by atoms with Crippen molar-refractivity contribution in [2.45, 2.75) is 70.1 Å². The molecule has 1 saturated carbocycles. The van der Waals surface area contributed by atoms with E-state index in [1.165, 1.54) is 12.0 Å². The third kappa shape index (κ3) is 3.15. The average molecular weight is 290 g/mol. The van der Waals surface area contributed by atoms with Crippen molar-refractivity contribution >= 4 is 0 Å². The number of benzene rings is 1. The quantitative estimate of drug-likeness (QED) is 0.817. The van der Waals surface area contributed by atoms with Crippen LogP contribution >= 0.6 is 0 Å². The molecule has 116 valence electrons. The lowest BCUT2D eigenvalue weighted by atomic mass is 9.76. The number of aliphatic hydroxyl groups is 1. The Morgan fingerprint density at radius 3 is 2.81 bits per heavy atom. The molecule has 21 heavy (non-hydrogen) atoms. The first-order valence-electron chi connectivity index (χ1n) is 8.15. The van der Waals surface area contributed by atoms with Crippen LogP contribution in [0.2, 0.25) is 0 Å². The Morgan fingerprint density at radius 2 is 2.10 bits per heavy atom. The van der Waals surface area contributed by atoms with Crippen LogP contribution in [0.5, 0.6) is 0 Å². The molecule has 2 aliphatic rings. The molecule has 0 bridgehead atoms. The van der Waals surface area contributed by atoms with Gasteiger partial charge in [-0.25, -0.2) is 0 Å². The number of ether oxygens (including phenoxy) is 2. The van der Waals surface area contributed by atoms with E-state index in [1.54, 1.807) is 0 Å². The van der Waals surface area contributed by atoms with Gasteiger partial charge in [0.15, 0.2) is 0 Å². The Labute approximate surface area is 127 Å². The summed E-state index contributed by atoms with van der Waals surface area (Å²) in [6.45, 7) is 4.85. The summed E-state index contributed by atoms with van der Waals surface area (Å²) < 4.78 is 12.0. The van der Waals surface area contributed by atoms with Crippen molar-refractivity contribution in [1.82, 2.24) is 0 Å². The van der Waals surface area contributed by atoms with Crippen LogP contribution in [-0.4, -0.2) is 29.0 Å². The fourth-order valence-corrected chi connectivity index (χ4v) is 3.60. The maximum absolute atomic E-state index is 10.5. The minimum absolute atomic E-state index is 0.159. The van der Waals surface area contributed by atoms with Crippen LogP contribution in [0.25, 0.3) is 0 Å². The molecule has 5 atom stereocenters. The monoisotopic (exact) mass is 290 g/mol. The second-order valence-electron chi connectivity index (χ2n) is 6.69. The van der Waals surface area contributed by atoms with E-state index >= 15 is 0 Å². The molecule has 0 amide bonds. The lowest BCUT2D eigenvalue weighted by Gasteiger charge is -2.37. The molecule has 3 heteroatoms. The van der Waals surface area contributed by atoms with Gasteiger partial charge in [-0.15, -0.1) is 0 Å². The van der Waals surface area contributed by atoms with Gasteiger partial charge in [0.05, 0.1) is 24.4 Å². The standard InChI is InChI=1S/C18H26O3/c1-3-4-10-14-15(19)11-18(2,17-16(14)21-17)20-12-13-8-6-5-7-9-13/h5-9,14-17,19H,3-4,10-12H2,1-2H3/t14-,15-,16+,17+,18-/m1/s1. The zero-order valence-electron chi connectivity index (χ0n) is 13.0. The molecule has 1 aliphatic carbocycles. The van der Waals surface area contributed by atoms with Crippen LogP contribution in [0.1, 0.15) is 45.1 Å². The number of hydrogen-bond acceptors (Lipinski definition) is 3. The number of hydrogen-bond donors (Lipinski definition) is 1. The topological polar surface area (TPSA) is 42.0 Å². The number of aliphatic hydroxyl groups excluding tert-OH is 1. The van der Waals surface area contributed by atoms with Crippen molar-refractivity contribution in [1.29, 1.82) is 0 Å². The van der Waals surface area contributed by atoms with Crippen molar-refractivity contribution in [3.05, 3.63) is 35.9 Å². The highest BCUT2D eigenvalue weighted by Crippen LogP contribution is 2.50. The van der Waals surface area contributed by atoms with Gasteiger partial charge in [0.2, 0.25) is 0 Å². The second-order valence-corrected chi connectivity index (χ2v) is 6.69. The summed E-state index contributed by atoms with van der Waals surface area (Å²) >= 11 is 0. The van der Waals surface area contributed by atoms with E-state index in [4.69, 9.17) is 9.47 Å². The van der Waals surface area contributed by atoms with Gasteiger partial charge in [-0.2, -0.15) is 0 Å². The molecule has 1 aliphatic heterocycles. The van der Waals surface area contributed by atoms with Crippen molar-refractivity contribution in [2.24, 2.45) is 5.92 Å². The summed E-state index contributed by atoms with van der Waals surface area (Å²) in [5, 5.41) is 10.5. The summed E-state index contributed by atoms with van der Waals surface area (Å²) in [7, 11) is 0. The van der Waals surface area contributed by atoms with Crippen molar-refractivity contribution in [3.63, 3.8) is 0 Å². The lowest BCUT2D eigenvalue weighted by molar-refractivity contribution is -0.102. The molecule has 1 saturated heterocycles. The number of epoxide rings is 1. The van der Waals surface area contributed by atoms with Crippen LogP contribution in [0.4, 0.5) is 0 Å². The molecule has 1 aromatic carbocycles.